The normalized spacial score (nSPS) is 14.2. The van der Waals surface area contributed by atoms with Gasteiger partial charge in [-0.15, -0.1) is 0 Å². The number of nitrogens with zero attached hydrogens (tertiary/aromatic N) is 5. The summed E-state index contributed by atoms with van der Waals surface area (Å²) in [6, 6.07) is 11.1. The zero-order valence-electron chi connectivity index (χ0n) is 18.1. The second-order valence-corrected chi connectivity index (χ2v) is 8.31. The quantitative estimate of drug-likeness (QED) is 0.404. The van der Waals surface area contributed by atoms with Gasteiger partial charge in [0.25, 0.3) is 0 Å². The van der Waals surface area contributed by atoms with Crippen LogP contribution in [0.1, 0.15) is 16.1 Å². The van der Waals surface area contributed by atoms with Crippen LogP contribution >= 0.6 is 0 Å². The molecule has 3 aromatic heterocycles. The fourth-order valence-electron chi connectivity index (χ4n) is 3.88. The van der Waals surface area contributed by atoms with Crippen molar-refractivity contribution in [1.82, 2.24) is 24.8 Å². The average Bonchev–Trinajstić information content (AvgIpc) is 2.81. The summed E-state index contributed by atoms with van der Waals surface area (Å²) in [5.74, 6) is 0.485. The molecular formula is C25H22FN5O2. The second-order valence-electron chi connectivity index (χ2n) is 8.31. The molecular weight excluding hydrogens is 421 g/mol. The van der Waals surface area contributed by atoms with E-state index in [1.54, 1.807) is 24.7 Å². The number of ether oxygens (including phenoxy) is 1. The van der Waals surface area contributed by atoms with Crippen molar-refractivity contribution in [3.63, 3.8) is 0 Å². The first-order valence-corrected chi connectivity index (χ1v) is 10.7. The molecule has 1 aliphatic heterocycles. The molecule has 0 aliphatic carbocycles. The first-order chi connectivity index (χ1) is 16.0. The number of Topliss-reactive ketones (excluding diaryl/α,β-unsaturated/α-hetero) is 1. The lowest BCUT2D eigenvalue weighted by Crippen LogP contribution is -2.46. The Bertz CT molecular complexity index is 1310. The summed E-state index contributed by atoms with van der Waals surface area (Å²) in [6.45, 7) is 2.67. The number of aromatic nitrogens is 4. The van der Waals surface area contributed by atoms with E-state index in [0.717, 1.165) is 18.5 Å². The van der Waals surface area contributed by atoms with Crippen LogP contribution in [0.4, 0.5) is 4.39 Å². The first kappa shape index (κ1) is 21.1. The minimum absolute atomic E-state index is 0.104. The molecule has 0 bridgehead atoms. The highest BCUT2D eigenvalue weighted by Crippen LogP contribution is 2.22. The molecule has 0 atom stereocenters. The highest BCUT2D eigenvalue weighted by molar-refractivity contribution is 5.97. The van der Waals surface area contributed by atoms with Crippen molar-refractivity contribution >= 4 is 16.7 Å². The first-order valence-electron chi connectivity index (χ1n) is 10.7. The molecule has 8 heteroatoms. The van der Waals surface area contributed by atoms with Gasteiger partial charge in [-0.1, -0.05) is 0 Å². The Morgan fingerprint density at radius 2 is 1.88 bits per heavy atom. The maximum absolute atomic E-state index is 13.1. The summed E-state index contributed by atoms with van der Waals surface area (Å²) in [4.78, 5) is 32.7. The van der Waals surface area contributed by atoms with Crippen molar-refractivity contribution in [3.8, 4) is 17.3 Å². The summed E-state index contributed by atoms with van der Waals surface area (Å²) < 4.78 is 18.9. The second kappa shape index (κ2) is 8.99. The predicted molar refractivity (Wildman–Crippen MR) is 121 cm³/mol. The summed E-state index contributed by atoms with van der Waals surface area (Å²) in [6.07, 6.45) is 5.06. The highest BCUT2D eigenvalue weighted by Gasteiger charge is 2.23. The molecule has 0 radical (unpaired) electrons. The van der Waals surface area contributed by atoms with Crippen molar-refractivity contribution in [2.24, 2.45) is 5.92 Å². The minimum Gasteiger partial charge on any atom is -0.476 e. The number of carbonyl (C=O) groups excluding carboxylic acids is 1. The third-order valence-electron chi connectivity index (χ3n) is 5.62. The summed E-state index contributed by atoms with van der Waals surface area (Å²) >= 11 is 0. The van der Waals surface area contributed by atoms with Gasteiger partial charge in [-0.05, 0) is 49.5 Å². The van der Waals surface area contributed by atoms with Crippen LogP contribution in [0.3, 0.4) is 0 Å². The van der Waals surface area contributed by atoms with Gasteiger partial charge in [-0.25, -0.2) is 14.4 Å². The standard InChI is InChI=1S/C25H22FN5O2/c1-31-13-16(14-31)15-33-25-12-27-11-23(30-25)21-7-4-18-10-28-20(8-22(18)29-21)9-24(32)17-2-5-19(26)6-3-17/h2-8,10-12,16H,9,13-15H2,1H3. The van der Waals surface area contributed by atoms with Gasteiger partial charge in [0.05, 0.1) is 42.3 Å². The van der Waals surface area contributed by atoms with E-state index < -0.39 is 0 Å². The van der Waals surface area contributed by atoms with Gasteiger partial charge in [0.2, 0.25) is 5.88 Å². The number of benzene rings is 1. The number of hydrogen-bond donors (Lipinski definition) is 0. The number of ketones is 1. The van der Waals surface area contributed by atoms with Crippen LogP contribution in [0.25, 0.3) is 22.3 Å². The van der Waals surface area contributed by atoms with Crippen molar-refractivity contribution in [2.45, 2.75) is 6.42 Å². The van der Waals surface area contributed by atoms with E-state index in [9.17, 15) is 9.18 Å². The summed E-state index contributed by atoms with van der Waals surface area (Å²) in [7, 11) is 2.09. The molecule has 166 valence electrons. The Labute approximate surface area is 190 Å². The van der Waals surface area contributed by atoms with Gasteiger partial charge in [-0.2, -0.15) is 0 Å². The van der Waals surface area contributed by atoms with Gasteiger partial charge in [0.15, 0.2) is 5.78 Å². The highest BCUT2D eigenvalue weighted by atomic mass is 19.1. The summed E-state index contributed by atoms with van der Waals surface area (Å²) in [5, 5.41) is 0.853. The summed E-state index contributed by atoms with van der Waals surface area (Å²) in [5.41, 5.74) is 3.01. The van der Waals surface area contributed by atoms with Crippen molar-refractivity contribution in [2.75, 3.05) is 26.7 Å². The molecule has 0 amide bonds. The Morgan fingerprint density at radius 3 is 2.67 bits per heavy atom. The Kier molecular flexibility index (Phi) is 5.75. The number of rotatable bonds is 7. The number of hydrogen-bond acceptors (Lipinski definition) is 7. The lowest BCUT2D eigenvalue weighted by atomic mass is 10.0. The fourth-order valence-corrected chi connectivity index (χ4v) is 3.88. The number of likely N-dealkylation sites (tertiary alicyclic amines) is 1. The number of carbonyl (C=O) groups is 1. The molecule has 0 spiro atoms. The predicted octanol–water partition coefficient (Wildman–Crippen LogP) is 3.59. The van der Waals surface area contributed by atoms with Gasteiger partial charge in [0.1, 0.15) is 11.5 Å². The lowest BCUT2D eigenvalue weighted by Gasteiger charge is -2.35. The zero-order valence-corrected chi connectivity index (χ0v) is 18.1. The molecule has 7 nitrogen and oxygen atoms in total. The Morgan fingerprint density at radius 1 is 1.06 bits per heavy atom. The van der Waals surface area contributed by atoms with Crippen LogP contribution in [-0.4, -0.2) is 57.4 Å². The topological polar surface area (TPSA) is 81.1 Å². The molecule has 4 aromatic rings. The van der Waals surface area contributed by atoms with Gasteiger partial charge >= 0.3 is 0 Å². The third kappa shape index (κ3) is 4.85. The minimum atomic E-state index is -0.375. The van der Waals surface area contributed by atoms with Crippen LogP contribution in [0.2, 0.25) is 0 Å². The van der Waals surface area contributed by atoms with E-state index in [2.05, 4.69) is 26.9 Å². The van der Waals surface area contributed by atoms with Crippen molar-refractivity contribution in [1.29, 1.82) is 0 Å². The number of pyridine rings is 2. The maximum atomic E-state index is 13.1. The van der Waals surface area contributed by atoms with E-state index in [4.69, 9.17) is 9.72 Å². The molecule has 0 N–H and O–H groups in total. The molecule has 33 heavy (non-hydrogen) atoms. The molecule has 5 rings (SSSR count). The number of fused-ring (bicyclic) bond motifs is 1. The van der Waals surface area contributed by atoms with Crippen molar-refractivity contribution < 1.29 is 13.9 Å². The van der Waals surface area contributed by atoms with Gasteiger partial charge in [0, 0.05) is 36.2 Å². The molecule has 0 unspecified atom stereocenters. The Hall–Kier alpha value is -3.78. The van der Waals surface area contributed by atoms with E-state index in [1.807, 2.05) is 12.1 Å². The third-order valence-corrected chi connectivity index (χ3v) is 5.62. The molecule has 0 saturated carbocycles. The van der Waals surface area contributed by atoms with Crippen LogP contribution in [0, 0.1) is 11.7 Å². The van der Waals surface area contributed by atoms with E-state index >= 15 is 0 Å². The maximum Gasteiger partial charge on any atom is 0.232 e. The number of halogens is 1. The molecule has 1 aliphatic rings. The SMILES string of the molecule is CN1CC(COc2cncc(-c3ccc4cnc(CC(=O)c5ccc(F)cc5)cc4n3)n2)C1. The van der Waals surface area contributed by atoms with Crippen LogP contribution < -0.4 is 4.74 Å². The van der Waals surface area contributed by atoms with E-state index in [0.29, 0.717) is 46.6 Å². The van der Waals surface area contributed by atoms with Gasteiger partial charge in [-0.3, -0.25) is 14.8 Å². The smallest absolute Gasteiger partial charge is 0.232 e. The van der Waals surface area contributed by atoms with Crippen LogP contribution in [-0.2, 0) is 6.42 Å². The average molecular weight is 443 g/mol. The molecule has 4 heterocycles. The molecule has 1 aromatic carbocycles. The molecule has 1 fully saturated rings. The van der Waals surface area contributed by atoms with Crippen LogP contribution in [0.15, 0.2) is 61.1 Å². The molecule has 1 saturated heterocycles. The largest absolute Gasteiger partial charge is 0.476 e. The Balaban J connectivity index is 1.34. The van der Waals surface area contributed by atoms with E-state index in [1.165, 1.54) is 24.3 Å². The lowest BCUT2D eigenvalue weighted by molar-refractivity contribution is 0.0837. The van der Waals surface area contributed by atoms with Gasteiger partial charge < -0.3 is 9.64 Å². The van der Waals surface area contributed by atoms with E-state index in [-0.39, 0.29) is 18.0 Å². The fraction of sp³-hybridized carbons (Fsp3) is 0.240. The monoisotopic (exact) mass is 443 g/mol. The van der Waals surface area contributed by atoms with Crippen molar-refractivity contribution in [3.05, 3.63) is 78.1 Å². The van der Waals surface area contributed by atoms with Crippen LogP contribution in [0.5, 0.6) is 5.88 Å². The zero-order chi connectivity index (χ0) is 22.8.